The first-order chi connectivity index (χ1) is 7.24. The summed E-state index contributed by atoms with van der Waals surface area (Å²) in [5.74, 6) is 0.382. The largest absolute Gasteiger partial charge is 0.394 e. The van der Waals surface area contributed by atoms with E-state index in [2.05, 4.69) is 11.9 Å². The van der Waals surface area contributed by atoms with Crippen molar-refractivity contribution in [2.45, 2.75) is 19.4 Å². The number of aliphatic hydroxyl groups excluding tert-OH is 1. The summed E-state index contributed by atoms with van der Waals surface area (Å²) in [4.78, 5) is 18.3. The van der Waals surface area contributed by atoms with Crippen molar-refractivity contribution in [2.75, 3.05) is 13.2 Å². The van der Waals surface area contributed by atoms with Gasteiger partial charge < -0.3 is 10.0 Å². The van der Waals surface area contributed by atoms with Gasteiger partial charge in [0.1, 0.15) is 4.88 Å². The highest BCUT2D eigenvalue weighted by Gasteiger charge is 2.34. The van der Waals surface area contributed by atoms with Gasteiger partial charge in [0.15, 0.2) is 0 Å². The number of nitrogens with zero attached hydrogens (tertiary/aromatic N) is 2. The van der Waals surface area contributed by atoms with Gasteiger partial charge in [-0.25, -0.2) is 0 Å². The van der Waals surface area contributed by atoms with Crippen LogP contribution in [0.25, 0.3) is 0 Å². The van der Waals surface area contributed by atoms with Crippen molar-refractivity contribution >= 4 is 17.2 Å². The number of likely N-dealkylation sites (tertiary alicyclic amines) is 1. The predicted octanol–water partition coefficient (Wildman–Crippen LogP) is 0.986. The molecule has 0 bridgehead atoms. The van der Waals surface area contributed by atoms with Crippen molar-refractivity contribution in [3.05, 3.63) is 16.6 Å². The van der Waals surface area contributed by atoms with Crippen molar-refractivity contribution in [2.24, 2.45) is 5.92 Å². The molecule has 1 saturated heterocycles. The lowest BCUT2D eigenvalue weighted by Gasteiger charge is -2.24. The van der Waals surface area contributed by atoms with Crippen molar-refractivity contribution in [1.29, 1.82) is 0 Å². The van der Waals surface area contributed by atoms with E-state index in [1.54, 1.807) is 16.6 Å². The van der Waals surface area contributed by atoms with E-state index in [4.69, 9.17) is 0 Å². The third-order valence-corrected chi connectivity index (χ3v) is 3.73. The second-order valence-corrected chi connectivity index (χ2v) is 4.77. The number of hydrogen-bond donors (Lipinski definition) is 1. The zero-order chi connectivity index (χ0) is 10.8. The van der Waals surface area contributed by atoms with Gasteiger partial charge in [-0.3, -0.25) is 9.78 Å². The molecule has 1 aromatic heterocycles. The molecule has 1 aromatic rings. The molecule has 0 aromatic carbocycles. The maximum atomic E-state index is 12.0. The Balaban J connectivity index is 2.14. The van der Waals surface area contributed by atoms with E-state index in [0.717, 1.165) is 13.0 Å². The van der Waals surface area contributed by atoms with Crippen LogP contribution < -0.4 is 0 Å². The molecule has 2 atom stereocenters. The highest BCUT2D eigenvalue weighted by atomic mass is 32.1. The van der Waals surface area contributed by atoms with Crippen LogP contribution in [0.2, 0.25) is 0 Å². The Morgan fingerprint density at radius 3 is 3.20 bits per heavy atom. The number of aromatic nitrogens is 1. The Morgan fingerprint density at radius 2 is 2.60 bits per heavy atom. The molecule has 15 heavy (non-hydrogen) atoms. The van der Waals surface area contributed by atoms with Crippen LogP contribution in [0.1, 0.15) is 23.0 Å². The number of thiazole rings is 1. The van der Waals surface area contributed by atoms with Gasteiger partial charge in [0.05, 0.1) is 24.4 Å². The summed E-state index contributed by atoms with van der Waals surface area (Å²) in [6.45, 7) is 2.86. The van der Waals surface area contributed by atoms with E-state index < -0.39 is 0 Å². The van der Waals surface area contributed by atoms with Crippen molar-refractivity contribution in [3.8, 4) is 0 Å². The van der Waals surface area contributed by atoms with Gasteiger partial charge in [-0.05, 0) is 12.3 Å². The molecule has 5 heteroatoms. The quantitative estimate of drug-likeness (QED) is 0.818. The first-order valence-corrected chi connectivity index (χ1v) is 5.92. The van der Waals surface area contributed by atoms with E-state index >= 15 is 0 Å². The van der Waals surface area contributed by atoms with E-state index in [1.807, 2.05) is 0 Å². The van der Waals surface area contributed by atoms with Crippen LogP contribution in [-0.2, 0) is 0 Å². The number of amides is 1. The molecule has 0 aliphatic carbocycles. The third-order valence-electron chi connectivity index (χ3n) is 2.97. The summed E-state index contributed by atoms with van der Waals surface area (Å²) in [7, 11) is 0. The Bertz CT molecular complexity index is 339. The monoisotopic (exact) mass is 226 g/mol. The fourth-order valence-corrected chi connectivity index (χ4v) is 2.58. The minimum absolute atomic E-state index is 0.000833. The van der Waals surface area contributed by atoms with Crippen LogP contribution in [0.3, 0.4) is 0 Å². The van der Waals surface area contributed by atoms with Crippen LogP contribution in [0.4, 0.5) is 0 Å². The smallest absolute Gasteiger partial charge is 0.265 e. The van der Waals surface area contributed by atoms with Crippen LogP contribution in [0.15, 0.2) is 11.7 Å². The molecule has 1 aliphatic heterocycles. The van der Waals surface area contributed by atoms with Crippen LogP contribution >= 0.6 is 11.3 Å². The Morgan fingerprint density at radius 1 is 1.80 bits per heavy atom. The van der Waals surface area contributed by atoms with Crippen molar-refractivity contribution in [1.82, 2.24) is 9.88 Å². The summed E-state index contributed by atoms with van der Waals surface area (Å²) in [5.41, 5.74) is 1.65. The van der Waals surface area contributed by atoms with E-state index in [9.17, 15) is 9.90 Å². The summed E-state index contributed by atoms with van der Waals surface area (Å²) in [6.07, 6.45) is 2.56. The number of carbonyl (C=O) groups excluding carboxylic acids is 1. The average Bonchev–Trinajstić information content (AvgIpc) is 2.85. The maximum absolute atomic E-state index is 12.0. The molecule has 1 aliphatic rings. The number of hydrogen-bond acceptors (Lipinski definition) is 4. The Hall–Kier alpha value is -0.940. The van der Waals surface area contributed by atoms with Crippen LogP contribution in [0.5, 0.6) is 0 Å². The van der Waals surface area contributed by atoms with Gasteiger partial charge in [-0.2, -0.15) is 0 Å². The first kappa shape index (κ1) is 10.6. The summed E-state index contributed by atoms with van der Waals surface area (Å²) < 4.78 is 0. The Kier molecular flexibility index (Phi) is 3.02. The molecule has 1 amide bonds. The molecule has 82 valence electrons. The second-order valence-electron chi connectivity index (χ2n) is 3.88. The molecule has 1 N–H and O–H groups in total. The van der Waals surface area contributed by atoms with Gasteiger partial charge >= 0.3 is 0 Å². The highest BCUT2D eigenvalue weighted by Crippen LogP contribution is 2.25. The van der Waals surface area contributed by atoms with Gasteiger partial charge in [0, 0.05) is 6.54 Å². The van der Waals surface area contributed by atoms with E-state index in [-0.39, 0.29) is 18.6 Å². The minimum Gasteiger partial charge on any atom is -0.394 e. The molecule has 1 fully saturated rings. The predicted molar refractivity (Wildman–Crippen MR) is 57.8 cm³/mol. The van der Waals surface area contributed by atoms with Crippen molar-refractivity contribution in [3.63, 3.8) is 0 Å². The number of carbonyl (C=O) groups is 1. The lowest BCUT2D eigenvalue weighted by atomic mass is 10.0. The lowest BCUT2D eigenvalue weighted by molar-refractivity contribution is 0.0653. The topological polar surface area (TPSA) is 53.4 Å². The average molecular weight is 226 g/mol. The van der Waals surface area contributed by atoms with Gasteiger partial charge in [-0.1, -0.05) is 6.92 Å². The standard InChI is InChI=1S/C10H14N2O2S/c1-7-2-3-12(8(7)5-13)10(14)9-4-11-6-15-9/h4,6-8,13H,2-3,5H2,1H3. The first-order valence-electron chi connectivity index (χ1n) is 5.04. The highest BCUT2D eigenvalue weighted by molar-refractivity contribution is 7.11. The van der Waals surface area contributed by atoms with Crippen molar-refractivity contribution < 1.29 is 9.90 Å². The fourth-order valence-electron chi connectivity index (χ4n) is 2.00. The van der Waals surface area contributed by atoms with E-state index in [0.29, 0.717) is 10.8 Å². The van der Waals surface area contributed by atoms with Gasteiger partial charge in [-0.15, -0.1) is 11.3 Å². The van der Waals surface area contributed by atoms with Crippen LogP contribution in [0, 0.1) is 5.92 Å². The van der Waals surface area contributed by atoms with E-state index in [1.165, 1.54) is 11.3 Å². The molecular weight excluding hydrogens is 212 g/mol. The number of aliphatic hydroxyl groups is 1. The Labute approximate surface area is 92.6 Å². The van der Waals surface area contributed by atoms with Crippen LogP contribution in [-0.4, -0.2) is 40.1 Å². The molecule has 2 rings (SSSR count). The number of rotatable bonds is 2. The summed E-state index contributed by atoms with van der Waals surface area (Å²) in [6, 6.07) is -0.0281. The SMILES string of the molecule is CC1CCN(C(=O)c2cncs2)C1CO. The zero-order valence-electron chi connectivity index (χ0n) is 8.59. The fraction of sp³-hybridized carbons (Fsp3) is 0.600. The molecule has 2 heterocycles. The summed E-state index contributed by atoms with van der Waals surface area (Å²) in [5, 5.41) is 9.25. The lowest BCUT2D eigenvalue weighted by Crippen LogP contribution is -2.39. The minimum atomic E-state index is -0.0281. The normalized spacial score (nSPS) is 25.9. The molecule has 0 spiro atoms. The second kappa shape index (κ2) is 4.28. The molecule has 4 nitrogen and oxygen atoms in total. The summed E-state index contributed by atoms with van der Waals surface area (Å²) >= 11 is 1.35. The molecular formula is C10H14N2O2S. The third kappa shape index (κ3) is 1.89. The maximum Gasteiger partial charge on any atom is 0.265 e. The molecule has 2 unspecified atom stereocenters. The molecule has 0 saturated carbocycles. The zero-order valence-corrected chi connectivity index (χ0v) is 9.41. The molecule has 0 radical (unpaired) electrons. The van der Waals surface area contributed by atoms with Gasteiger partial charge in [0.25, 0.3) is 5.91 Å². The van der Waals surface area contributed by atoms with Gasteiger partial charge in [0.2, 0.25) is 0 Å².